The molecule has 1 aromatic carbocycles. The third kappa shape index (κ3) is 6.12. The number of nitrogens with two attached hydrogens (primary N) is 1. The molecule has 2 amide bonds. The molecule has 0 aliphatic carbocycles. The van der Waals surface area contributed by atoms with Crippen LogP contribution in [0.4, 0.5) is 0 Å². The van der Waals surface area contributed by atoms with Gasteiger partial charge in [0.2, 0.25) is 11.8 Å². The molecule has 0 spiro atoms. The lowest BCUT2D eigenvalue weighted by Crippen LogP contribution is -2.46. The number of fused-ring (bicyclic) bond motifs is 1. The first-order valence-corrected chi connectivity index (χ1v) is 13.9. The highest BCUT2D eigenvalue weighted by Crippen LogP contribution is 2.41. The lowest BCUT2D eigenvalue weighted by Gasteiger charge is -2.33. The highest BCUT2D eigenvalue weighted by atomic mass is 16.5. The molecule has 7 nitrogen and oxygen atoms in total. The molecule has 3 aliphatic rings. The van der Waals surface area contributed by atoms with Gasteiger partial charge in [0.15, 0.2) is 0 Å². The van der Waals surface area contributed by atoms with Gasteiger partial charge in [-0.15, -0.1) is 6.58 Å². The largest absolute Gasteiger partial charge is 0.493 e. The predicted octanol–water partition coefficient (Wildman–Crippen LogP) is 3.18. The Kier molecular flexibility index (Phi) is 9.43. The topological polar surface area (TPSA) is 79.1 Å². The molecule has 1 aromatic rings. The number of nitrogens with zero attached hydrogens (tertiary/aromatic N) is 3. The number of unbranched alkanes of at least 4 members (excludes halogenated alkanes) is 1. The number of ether oxygens (including phenoxy) is 1. The van der Waals surface area contributed by atoms with Gasteiger partial charge in [-0.25, -0.2) is 0 Å². The van der Waals surface area contributed by atoms with Gasteiger partial charge >= 0.3 is 0 Å². The Balaban J connectivity index is 1.54. The molecule has 0 unspecified atom stereocenters. The molecule has 0 radical (unpaired) electrons. The molecule has 4 rings (SSSR count). The summed E-state index contributed by atoms with van der Waals surface area (Å²) in [5, 5.41) is 0. The van der Waals surface area contributed by atoms with Gasteiger partial charge in [0.05, 0.1) is 13.2 Å². The lowest BCUT2D eigenvalue weighted by atomic mass is 9.83. The highest BCUT2D eigenvalue weighted by Gasteiger charge is 2.42. The third-order valence-electron chi connectivity index (χ3n) is 8.21. The summed E-state index contributed by atoms with van der Waals surface area (Å²) in [6, 6.07) is 6.74. The van der Waals surface area contributed by atoms with Crippen LogP contribution in [-0.2, 0) is 16.0 Å². The van der Waals surface area contributed by atoms with Crippen molar-refractivity contribution in [3.8, 4) is 5.75 Å². The number of hydrogen-bond donors (Lipinski definition) is 1. The Bertz CT molecular complexity index is 920. The van der Waals surface area contributed by atoms with Crippen LogP contribution in [0.3, 0.4) is 0 Å². The lowest BCUT2D eigenvalue weighted by molar-refractivity contribution is -0.134. The minimum absolute atomic E-state index is 0.152. The number of likely N-dealkylation sites (tertiary alicyclic amines) is 2. The van der Waals surface area contributed by atoms with Gasteiger partial charge in [-0.05, 0) is 42.9 Å². The summed E-state index contributed by atoms with van der Waals surface area (Å²) in [6.45, 7) is 11.7. The molecule has 0 saturated carbocycles. The summed E-state index contributed by atoms with van der Waals surface area (Å²) < 4.78 is 5.73. The van der Waals surface area contributed by atoms with E-state index in [9.17, 15) is 9.59 Å². The van der Waals surface area contributed by atoms with Gasteiger partial charge < -0.3 is 20.3 Å². The molecular weight excluding hydrogens is 452 g/mol. The summed E-state index contributed by atoms with van der Waals surface area (Å²) in [5.41, 5.74) is 8.40. The van der Waals surface area contributed by atoms with E-state index in [-0.39, 0.29) is 29.7 Å². The van der Waals surface area contributed by atoms with Gasteiger partial charge in [0, 0.05) is 70.0 Å². The molecular formula is C29H44N4O3. The number of rotatable bonds is 12. The second-order valence-corrected chi connectivity index (χ2v) is 10.5. The first-order valence-electron chi connectivity index (χ1n) is 13.9. The minimum Gasteiger partial charge on any atom is -0.493 e. The van der Waals surface area contributed by atoms with E-state index < -0.39 is 0 Å². The Labute approximate surface area is 216 Å². The van der Waals surface area contributed by atoms with E-state index in [1.165, 1.54) is 11.1 Å². The van der Waals surface area contributed by atoms with Crippen LogP contribution >= 0.6 is 0 Å². The van der Waals surface area contributed by atoms with Gasteiger partial charge in [-0.2, -0.15) is 0 Å². The Hall–Kier alpha value is -2.38. The van der Waals surface area contributed by atoms with Gasteiger partial charge in [-0.3, -0.25) is 14.5 Å². The maximum absolute atomic E-state index is 13.4. The van der Waals surface area contributed by atoms with E-state index in [1.807, 2.05) is 9.80 Å². The summed E-state index contributed by atoms with van der Waals surface area (Å²) >= 11 is 0. The SMILES string of the molecule is C=C[C@@H]1[C@@H](c2ccc3c(c2)CCO3)CN(CC(=O)N(CCN)CCCC)[C@H]1CCN1CCCCC1=O. The number of amides is 2. The molecule has 2 N–H and O–H groups in total. The Morgan fingerprint density at radius 2 is 2.14 bits per heavy atom. The van der Waals surface area contributed by atoms with E-state index in [1.54, 1.807) is 0 Å². The third-order valence-corrected chi connectivity index (χ3v) is 8.21. The molecule has 3 aliphatic heterocycles. The van der Waals surface area contributed by atoms with Gasteiger partial charge in [0.1, 0.15) is 5.75 Å². The highest BCUT2D eigenvalue weighted by molar-refractivity contribution is 5.78. The average molecular weight is 497 g/mol. The molecule has 7 heteroatoms. The van der Waals surface area contributed by atoms with E-state index in [4.69, 9.17) is 10.5 Å². The van der Waals surface area contributed by atoms with E-state index in [0.29, 0.717) is 26.1 Å². The number of hydrogen-bond acceptors (Lipinski definition) is 5. The van der Waals surface area contributed by atoms with Crippen molar-refractivity contribution < 1.29 is 14.3 Å². The molecule has 3 heterocycles. The summed E-state index contributed by atoms with van der Waals surface area (Å²) in [4.78, 5) is 32.2. The zero-order valence-corrected chi connectivity index (χ0v) is 22.0. The van der Waals surface area contributed by atoms with Crippen LogP contribution in [0.15, 0.2) is 30.9 Å². The van der Waals surface area contributed by atoms with Crippen molar-refractivity contribution in [2.75, 3.05) is 52.4 Å². The molecule has 2 saturated heterocycles. The molecule has 198 valence electrons. The van der Waals surface area contributed by atoms with Gasteiger partial charge in [0.25, 0.3) is 0 Å². The number of carbonyl (C=O) groups excluding carboxylic acids is 2. The maximum atomic E-state index is 13.4. The zero-order valence-electron chi connectivity index (χ0n) is 22.0. The fourth-order valence-corrected chi connectivity index (χ4v) is 6.19. The first kappa shape index (κ1) is 26.7. The predicted molar refractivity (Wildman–Crippen MR) is 143 cm³/mol. The maximum Gasteiger partial charge on any atom is 0.236 e. The van der Waals surface area contributed by atoms with Gasteiger partial charge in [-0.1, -0.05) is 31.6 Å². The first-order chi connectivity index (χ1) is 17.5. The number of benzene rings is 1. The van der Waals surface area contributed by atoms with Crippen molar-refractivity contribution in [3.05, 3.63) is 42.0 Å². The van der Waals surface area contributed by atoms with Crippen LogP contribution in [0.5, 0.6) is 5.75 Å². The summed E-state index contributed by atoms with van der Waals surface area (Å²) in [7, 11) is 0. The minimum atomic E-state index is 0.152. The fourth-order valence-electron chi connectivity index (χ4n) is 6.19. The molecule has 0 aromatic heterocycles. The van der Waals surface area contributed by atoms with Crippen molar-refractivity contribution in [1.29, 1.82) is 0 Å². The van der Waals surface area contributed by atoms with Crippen molar-refractivity contribution >= 4 is 11.8 Å². The van der Waals surface area contributed by atoms with Crippen molar-refractivity contribution in [2.45, 2.75) is 63.8 Å². The van der Waals surface area contributed by atoms with Crippen LogP contribution in [0.2, 0.25) is 0 Å². The zero-order chi connectivity index (χ0) is 25.5. The Morgan fingerprint density at radius 1 is 1.28 bits per heavy atom. The second-order valence-electron chi connectivity index (χ2n) is 10.5. The normalized spacial score (nSPS) is 24.0. The van der Waals surface area contributed by atoms with Crippen molar-refractivity contribution in [1.82, 2.24) is 14.7 Å². The molecule has 3 atom stereocenters. The summed E-state index contributed by atoms with van der Waals surface area (Å²) in [6.07, 6.45) is 8.64. The number of piperidine rings is 1. The molecule has 2 fully saturated rings. The average Bonchev–Trinajstić information content (AvgIpc) is 3.49. The van der Waals surface area contributed by atoms with E-state index in [0.717, 1.165) is 77.1 Å². The van der Waals surface area contributed by atoms with Crippen LogP contribution in [0.1, 0.15) is 62.5 Å². The summed E-state index contributed by atoms with van der Waals surface area (Å²) in [5.74, 6) is 1.89. The second kappa shape index (κ2) is 12.7. The Morgan fingerprint density at radius 3 is 2.89 bits per heavy atom. The monoisotopic (exact) mass is 496 g/mol. The molecule has 36 heavy (non-hydrogen) atoms. The van der Waals surface area contributed by atoms with Crippen LogP contribution in [0, 0.1) is 5.92 Å². The van der Waals surface area contributed by atoms with E-state index >= 15 is 0 Å². The van der Waals surface area contributed by atoms with Crippen molar-refractivity contribution in [2.24, 2.45) is 11.7 Å². The van der Waals surface area contributed by atoms with Crippen molar-refractivity contribution in [3.63, 3.8) is 0 Å². The quantitative estimate of drug-likeness (QED) is 0.450. The standard InChI is InChI=1S/C29H44N4O3/c1-3-5-14-32(17-13-30)29(35)21-33-20-25(22-9-10-27-23(19-22)12-18-36-27)24(4-2)26(33)11-16-31-15-7-6-8-28(31)34/h4,9-10,19,24-26H,2-3,5-8,11-18,20-21,30H2,1H3/t24-,25-,26+/m1/s1. The van der Waals surface area contributed by atoms with Crippen LogP contribution in [-0.4, -0.2) is 85.0 Å². The molecule has 0 bridgehead atoms. The fraction of sp³-hybridized carbons (Fsp3) is 0.655. The van der Waals surface area contributed by atoms with E-state index in [2.05, 4.69) is 42.7 Å². The van der Waals surface area contributed by atoms with Crippen LogP contribution in [0.25, 0.3) is 0 Å². The smallest absolute Gasteiger partial charge is 0.236 e. The van der Waals surface area contributed by atoms with Crippen LogP contribution < -0.4 is 10.5 Å². The number of carbonyl (C=O) groups is 2.